The summed E-state index contributed by atoms with van der Waals surface area (Å²) in [7, 11) is 0. The van der Waals surface area contributed by atoms with Gasteiger partial charge < -0.3 is 15.5 Å². The summed E-state index contributed by atoms with van der Waals surface area (Å²) in [5, 5.41) is 21.5. The van der Waals surface area contributed by atoms with Crippen LogP contribution in [0.15, 0.2) is 30.3 Å². The van der Waals surface area contributed by atoms with E-state index in [1.54, 1.807) is 0 Å². The third-order valence-corrected chi connectivity index (χ3v) is 3.08. The Morgan fingerprint density at radius 1 is 1.05 bits per heavy atom. The highest BCUT2D eigenvalue weighted by molar-refractivity contribution is 6.37. The normalized spacial score (nSPS) is 10.3. The number of nitrogens with one attached hydrogen (secondary N) is 1. The van der Waals surface area contributed by atoms with Crippen molar-refractivity contribution in [1.82, 2.24) is 0 Å². The summed E-state index contributed by atoms with van der Waals surface area (Å²) in [6.07, 6.45) is 0. The largest absolute Gasteiger partial charge is 0.505 e. The van der Waals surface area contributed by atoms with Gasteiger partial charge in [-0.2, -0.15) is 0 Å². The van der Waals surface area contributed by atoms with Gasteiger partial charge in [0.05, 0.1) is 10.0 Å². The maximum atomic E-state index is 12.8. The molecule has 0 fully saturated rings. The Hall–Kier alpha value is -1.98. The number of phenolic OH excluding ortho intramolecular Hbond substituents is 2. The molecule has 0 aliphatic heterocycles. The minimum absolute atomic E-state index is 0.169. The van der Waals surface area contributed by atoms with Crippen LogP contribution in [-0.4, -0.2) is 16.1 Å². The Labute approximate surface area is 123 Å². The molecule has 0 spiro atoms. The number of benzene rings is 2. The van der Waals surface area contributed by atoms with Crippen LogP contribution in [0.3, 0.4) is 0 Å². The van der Waals surface area contributed by atoms with Crippen LogP contribution < -0.4 is 5.32 Å². The first-order chi connectivity index (χ1) is 9.40. The lowest BCUT2D eigenvalue weighted by Crippen LogP contribution is -2.12. The van der Waals surface area contributed by atoms with E-state index in [0.29, 0.717) is 0 Å². The summed E-state index contributed by atoms with van der Waals surface area (Å²) in [4.78, 5) is 12.0. The molecule has 0 radical (unpaired) electrons. The molecule has 0 heterocycles. The van der Waals surface area contributed by atoms with Gasteiger partial charge in [0, 0.05) is 5.69 Å². The molecule has 0 saturated carbocycles. The summed E-state index contributed by atoms with van der Waals surface area (Å²) in [5.74, 6) is -2.46. The second-order valence-corrected chi connectivity index (χ2v) is 4.69. The molecule has 0 atom stereocenters. The van der Waals surface area contributed by atoms with E-state index in [9.17, 15) is 19.4 Å². The van der Waals surface area contributed by atoms with Crippen molar-refractivity contribution in [2.24, 2.45) is 0 Å². The van der Waals surface area contributed by atoms with Crippen LogP contribution in [0.4, 0.5) is 10.1 Å². The Morgan fingerprint density at radius 2 is 1.55 bits per heavy atom. The van der Waals surface area contributed by atoms with E-state index in [2.05, 4.69) is 5.32 Å². The van der Waals surface area contributed by atoms with Crippen molar-refractivity contribution in [3.05, 3.63) is 51.8 Å². The van der Waals surface area contributed by atoms with Crippen molar-refractivity contribution in [3.8, 4) is 11.5 Å². The lowest BCUT2D eigenvalue weighted by Gasteiger charge is -2.10. The number of amides is 1. The lowest BCUT2D eigenvalue weighted by molar-refractivity contribution is 0.102. The van der Waals surface area contributed by atoms with Gasteiger partial charge in [0.15, 0.2) is 11.5 Å². The summed E-state index contributed by atoms with van der Waals surface area (Å²) in [6.45, 7) is 0. The van der Waals surface area contributed by atoms with E-state index in [1.807, 2.05) is 0 Å². The second-order valence-electron chi connectivity index (χ2n) is 3.87. The van der Waals surface area contributed by atoms with Gasteiger partial charge in [-0.3, -0.25) is 4.79 Å². The quantitative estimate of drug-likeness (QED) is 0.789. The summed E-state index contributed by atoms with van der Waals surface area (Å²) in [5.41, 5.74) is -0.168. The van der Waals surface area contributed by atoms with Gasteiger partial charge in [0.2, 0.25) is 0 Å². The Bertz CT molecular complexity index is 648. The zero-order chi connectivity index (χ0) is 14.9. The monoisotopic (exact) mass is 315 g/mol. The highest BCUT2D eigenvalue weighted by Gasteiger charge is 2.22. The molecule has 2 rings (SSSR count). The third kappa shape index (κ3) is 2.79. The van der Waals surface area contributed by atoms with Crippen LogP contribution in [0.1, 0.15) is 10.4 Å². The molecule has 2 aromatic carbocycles. The fourth-order valence-corrected chi connectivity index (χ4v) is 2.00. The number of phenols is 2. The van der Waals surface area contributed by atoms with Crippen molar-refractivity contribution in [2.45, 2.75) is 0 Å². The van der Waals surface area contributed by atoms with E-state index in [-0.39, 0.29) is 15.7 Å². The van der Waals surface area contributed by atoms with Gasteiger partial charge in [0.1, 0.15) is 11.4 Å². The third-order valence-electron chi connectivity index (χ3n) is 2.51. The van der Waals surface area contributed by atoms with Gasteiger partial charge >= 0.3 is 0 Å². The Kier molecular flexibility index (Phi) is 4.01. The molecule has 0 aromatic heterocycles. The number of aromatic hydroxyl groups is 2. The summed E-state index contributed by atoms with van der Waals surface area (Å²) >= 11 is 11.4. The molecule has 0 aliphatic carbocycles. The number of carbonyl (C=O) groups excluding carboxylic acids is 1. The maximum absolute atomic E-state index is 12.8. The highest BCUT2D eigenvalue weighted by Crippen LogP contribution is 2.39. The maximum Gasteiger partial charge on any atom is 0.263 e. The first kappa shape index (κ1) is 14.4. The van der Waals surface area contributed by atoms with E-state index >= 15 is 0 Å². The first-order valence-corrected chi connectivity index (χ1v) is 6.12. The molecule has 4 nitrogen and oxygen atoms in total. The molecule has 0 aliphatic rings. The fraction of sp³-hybridized carbons (Fsp3) is 0. The van der Waals surface area contributed by atoms with Crippen LogP contribution in [0.25, 0.3) is 0 Å². The molecular formula is C13H8Cl2FNO3. The standard InChI is InChI=1S/C13H8Cl2FNO3/c14-8-5-9(15)12(19)10(11(8)18)13(20)17-7-3-1-6(16)2-4-7/h1-5,18-19H,(H,17,20). The number of hydrogen-bond donors (Lipinski definition) is 3. The molecule has 104 valence electrons. The molecule has 0 unspecified atom stereocenters. The molecule has 20 heavy (non-hydrogen) atoms. The van der Waals surface area contributed by atoms with E-state index in [4.69, 9.17) is 23.2 Å². The minimum atomic E-state index is -0.823. The van der Waals surface area contributed by atoms with Gasteiger partial charge in [-0.25, -0.2) is 4.39 Å². The van der Waals surface area contributed by atoms with Crippen LogP contribution in [0.5, 0.6) is 11.5 Å². The zero-order valence-corrected chi connectivity index (χ0v) is 11.3. The lowest BCUT2D eigenvalue weighted by atomic mass is 10.1. The first-order valence-electron chi connectivity index (χ1n) is 5.37. The van der Waals surface area contributed by atoms with Crippen molar-refractivity contribution >= 4 is 34.8 Å². The van der Waals surface area contributed by atoms with Crippen molar-refractivity contribution in [1.29, 1.82) is 0 Å². The second kappa shape index (κ2) is 5.56. The minimum Gasteiger partial charge on any atom is -0.505 e. The average molecular weight is 316 g/mol. The van der Waals surface area contributed by atoms with Crippen LogP contribution in [-0.2, 0) is 0 Å². The van der Waals surface area contributed by atoms with Gasteiger partial charge in [0.25, 0.3) is 5.91 Å². The molecule has 1 amide bonds. The SMILES string of the molecule is O=C(Nc1ccc(F)cc1)c1c(O)c(Cl)cc(Cl)c1O. The van der Waals surface area contributed by atoms with Gasteiger partial charge in [-0.15, -0.1) is 0 Å². The van der Waals surface area contributed by atoms with Crippen LogP contribution >= 0.6 is 23.2 Å². The zero-order valence-electron chi connectivity index (χ0n) is 9.82. The summed E-state index contributed by atoms with van der Waals surface area (Å²) in [6, 6.07) is 6.07. The number of anilines is 1. The fourth-order valence-electron chi connectivity index (χ4n) is 1.54. The van der Waals surface area contributed by atoms with Gasteiger partial charge in [-0.05, 0) is 30.3 Å². The number of rotatable bonds is 2. The van der Waals surface area contributed by atoms with Crippen molar-refractivity contribution in [3.63, 3.8) is 0 Å². The average Bonchev–Trinajstić information content (AvgIpc) is 2.39. The Morgan fingerprint density at radius 3 is 2.05 bits per heavy atom. The molecule has 7 heteroatoms. The molecule has 0 saturated heterocycles. The number of carbonyl (C=O) groups is 1. The smallest absolute Gasteiger partial charge is 0.263 e. The molecular weight excluding hydrogens is 308 g/mol. The highest BCUT2D eigenvalue weighted by atomic mass is 35.5. The predicted octanol–water partition coefficient (Wildman–Crippen LogP) is 3.80. The predicted molar refractivity (Wildman–Crippen MR) is 74.1 cm³/mol. The van der Waals surface area contributed by atoms with Crippen LogP contribution in [0.2, 0.25) is 10.0 Å². The summed E-state index contributed by atoms with van der Waals surface area (Å²) < 4.78 is 12.8. The van der Waals surface area contributed by atoms with Gasteiger partial charge in [-0.1, -0.05) is 23.2 Å². The molecule has 0 bridgehead atoms. The van der Waals surface area contributed by atoms with E-state index in [1.165, 1.54) is 12.1 Å². The number of halogens is 3. The topological polar surface area (TPSA) is 69.6 Å². The van der Waals surface area contributed by atoms with E-state index in [0.717, 1.165) is 18.2 Å². The molecule has 2 aromatic rings. The van der Waals surface area contributed by atoms with E-state index < -0.39 is 28.8 Å². The van der Waals surface area contributed by atoms with Crippen molar-refractivity contribution < 1.29 is 19.4 Å². The Balaban J connectivity index is 2.37. The van der Waals surface area contributed by atoms with Crippen LogP contribution in [0, 0.1) is 5.82 Å². The van der Waals surface area contributed by atoms with Crippen molar-refractivity contribution in [2.75, 3.05) is 5.32 Å². The number of hydrogen-bond acceptors (Lipinski definition) is 3. The molecule has 3 N–H and O–H groups in total.